The fourth-order valence-corrected chi connectivity index (χ4v) is 9.84. The normalized spacial score (nSPS) is 11.4. The standard InChI is InChI=1S/C64H43N/c1-3-16-50(17-4-1)63-60-24-12-11-23-58(60)59-41-36-54(43-61(59)64(63)51-18-5-2-6-19-51)48-34-39-56(40-35-48)65(62-25-13-21-49-15-9-10-22-57(49)62)55-37-32-46(33-38-55)45-26-28-47(29-27-45)53-31-30-44-14-7-8-20-52(44)42-53/h1-43H. The van der Waals surface area contributed by atoms with Gasteiger partial charge in [-0.1, -0.05) is 218 Å². The van der Waals surface area contributed by atoms with Crippen LogP contribution in [0.5, 0.6) is 0 Å². The molecule has 0 radical (unpaired) electrons. The number of anilines is 3. The topological polar surface area (TPSA) is 3.24 Å². The quantitative estimate of drug-likeness (QED) is 0.138. The number of fused-ring (bicyclic) bond motifs is 5. The average Bonchev–Trinajstić information content (AvgIpc) is 3.39. The second-order valence-corrected chi connectivity index (χ2v) is 16.9. The molecule has 0 saturated heterocycles. The SMILES string of the molecule is c1ccc(-c2c(-c3ccccc3)c3cc(-c4ccc(N(c5ccc(-c6ccc(-c7ccc8ccccc8c7)cc6)cc5)c5cccc6ccccc56)cc4)ccc3c3ccccc23)cc1. The molecule has 0 amide bonds. The molecule has 0 bridgehead atoms. The van der Waals surface area contributed by atoms with E-state index in [9.17, 15) is 0 Å². The van der Waals surface area contributed by atoms with Gasteiger partial charge in [0.25, 0.3) is 0 Å². The third-order valence-electron chi connectivity index (χ3n) is 13.0. The van der Waals surface area contributed by atoms with Gasteiger partial charge in [0.1, 0.15) is 0 Å². The van der Waals surface area contributed by atoms with Crippen molar-refractivity contribution in [2.45, 2.75) is 0 Å². The van der Waals surface area contributed by atoms with E-state index in [1.54, 1.807) is 0 Å². The van der Waals surface area contributed by atoms with Crippen molar-refractivity contribution in [1.82, 2.24) is 0 Å². The number of nitrogens with zero attached hydrogens (tertiary/aromatic N) is 1. The first-order valence-electron chi connectivity index (χ1n) is 22.4. The first kappa shape index (κ1) is 38.2. The molecule has 0 aliphatic heterocycles. The lowest BCUT2D eigenvalue weighted by molar-refractivity contribution is 1.30. The van der Waals surface area contributed by atoms with Crippen molar-refractivity contribution in [2.75, 3.05) is 4.90 Å². The first-order chi connectivity index (χ1) is 32.2. The zero-order valence-electron chi connectivity index (χ0n) is 35.8. The van der Waals surface area contributed by atoms with Gasteiger partial charge in [-0.2, -0.15) is 0 Å². The fourth-order valence-electron chi connectivity index (χ4n) is 9.84. The highest BCUT2D eigenvalue weighted by Crippen LogP contribution is 2.46. The Balaban J connectivity index is 0.935. The zero-order chi connectivity index (χ0) is 43.1. The van der Waals surface area contributed by atoms with Crippen molar-refractivity contribution in [1.29, 1.82) is 0 Å². The molecule has 0 aliphatic rings. The molecule has 1 heteroatoms. The van der Waals surface area contributed by atoms with Gasteiger partial charge in [-0.25, -0.2) is 0 Å². The highest BCUT2D eigenvalue weighted by Gasteiger charge is 2.19. The van der Waals surface area contributed by atoms with Crippen LogP contribution in [-0.4, -0.2) is 0 Å². The van der Waals surface area contributed by atoms with E-state index >= 15 is 0 Å². The summed E-state index contributed by atoms with van der Waals surface area (Å²) in [7, 11) is 0. The lowest BCUT2D eigenvalue weighted by Crippen LogP contribution is -2.10. The van der Waals surface area contributed by atoms with Crippen LogP contribution in [0.3, 0.4) is 0 Å². The Hall–Kier alpha value is -8.52. The zero-order valence-corrected chi connectivity index (χ0v) is 35.8. The van der Waals surface area contributed by atoms with Crippen molar-refractivity contribution in [3.8, 4) is 55.6 Å². The minimum Gasteiger partial charge on any atom is -0.310 e. The van der Waals surface area contributed by atoms with Gasteiger partial charge in [0.15, 0.2) is 0 Å². The largest absolute Gasteiger partial charge is 0.310 e. The monoisotopic (exact) mass is 825 g/mol. The second-order valence-electron chi connectivity index (χ2n) is 16.9. The highest BCUT2D eigenvalue weighted by molar-refractivity contribution is 6.22. The van der Waals surface area contributed by atoms with E-state index in [1.807, 2.05) is 0 Å². The molecule has 12 rings (SSSR count). The summed E-state index contributed by atoms with van der Waals surface area (Å²) in [5.41, 5.74) is 15.5. The van der Waals surface area contributed by atoms with Gasteiger partial charge >= 0.3 is 0 Å². The van der Waals surface area contributed by atoms with Crippen molar-refractivity contribution < 1.29 is 0 Å². The number of hydrogen-bond donors (Lipinski definition) is 0. The van der Waals surface area contributed by atoms with E-state index < -0.39 is 0 Å². The Morgan fingerprint density at radius 2 is 0.615 bits per heavy atom. The van der Waals surface area contributed by atoms with E-state index in [4.69, 9.17) is 0 Å². The van der Waals surface area contributed by atoms with Gasteiger partial charge < -0.3 is 4.90 Å². The minimum absolute atomic E-state index is 1.10. The van der Waals surface area contributed by atoms with Crippen LogP contribution in [0.25, 0.3) is 98.7 Å². The molecule has 12 aromatic carbocycles. The molecule has 0 unspecified atom stereocenters. The van der Waals surface area contributed by atoms with Gasteiger partial charge in [0.2, 0.25) is 0 Å². The van der Waals surface area contributed by atoms with Crippen LogP contribution in [0.1, 0.15) is 0 Å². The maximum Gasteiger partial charge on any atom is 0.0540 e. The summed E-state index contributed by atoms with van der Waals surface area (Å²) in [6, 6.07) is 95.2. The molecular weight excluding hydrogens is 783 g/mol. The molecule has 304 valence electrons. The Labute approximate surface area is 379 Å². The second kappa shape index (κ2) is 16.3. The lowest BCUT2D eigenvalue weighted by Gasteiger charge is -2.27. The molecule has 0 heterocycles. The summed E-state index contributed by atoms with van der Waals surface area (Å²) in [5, 5.41) is 9.96. The molecule has 0 aromatic heterocycles. The average molecular weight is 826 g/mol. The van der Waals surface area contributed by atoms with E-state index in [0.717, 1.165) is 17.1 Å². The Morgan fingerprint density at radius 3 is 1.25 bits per heavy atom. The fraction of sp³-hybridized carbons (Fsp3) is 0. The number of benzene rings is 12. The summed E-state index contributed by atoms with van der Waals surface area (Å²) < 4.78 is 0. The van der Waals surface area contributed by atoms with E-state index in [1.165, 1.54) is 98.7 Å². The predicted octanol–water partition coefficient (Wildman–Crippen LogP) is 18.1. The molecule has 0 fully saturated rings. The first-order valence-corrected chi connectivity index (χ1v) is 22.4. The molecule has 0 N–H and O–H groups in total. The Morgan fingerprint density at radius 1 is 0.200 bits per heavy atom. The van der Waals surface area contributed by atoms with Crippen molar-refractivity contribution in [3.05, 3.63) is 261 Å². The Kier molecular flexibility index (Phi) is 9.58. The smallest absolute Gasteiger partial charge is 0.0540 e. The number of hydrogen-bond acceptors (Lipinski definition) is 1. The third kappa shape index (κ3) is 7.01. The third-order valence-corrected chi connectivity index (χ3v) is 13.0. The molecule has 65 heavy (non-hydrogen) atoms. The van der Waals surface area contributed by atoms with Crippen molar-refractivity contribution in [2.24, 2.45) is 0 Å². The van der Waals surface area contributed by atoms with Gasteiger partial charge in [0.05, 0.1) is 5.69 Å². The molecule has 1 nitrogen and oxygen atoms in total. The summed E-state index contributed by atoms with van der Waals surface area (Å²) in [6.45, 7) is 0. The van der Waals surface area contributed by atoms with Crippen LogP contribution >= 0.6 is 0 Å². The van der Waals surface area contributed by atoms with Gasteiger partial charge in [-0.05, 0) is 136 Å². The molecule has 12 aromatic rings. The molecular formula is C64H43N. The Bertz CT molecular complexity index is 3660. The van der Waals surface area contributed by atoms with E-state index in [0.29, 0.717) is 0 Å². The van der Waals surface area contributed by atoms with Crippen LogP contribution in [0.15, 0.2) is 261 Å². The minimum atomic E-state index is 1.10. The summed E-state index contributed by atoms with van der Waals surface area (Å²) >= 11 is 0. The van der Waals surface area contributed by atoms with Crippen LogP contribution in [-0.2, 0) is 0 Å². The van der Waals surface area contributed by atoms with Crippen molar-refractivity contribution in [3.63, 3.8) is 0 Å². The summed E-state index contributed by atoms with van der Waals surface area (Å²) in [6.07, 6.45) is 0. The van der Waals surface area contributed by atoms with Crippen LogP contribution in [0, 0.1) is 0 Å². The van der Waals surface area contributed by atoms with Gasteiger partial charge in [-0.15, -0.1) is 0 Å². The van der Waals surface area contributed by atoms with Crippen LogP contribution in [0.2, 0.25) is 0 Å². The van der Waals surface area contributed by atoms with Crippen LogP contribution in [0.4, 0.5) is 17.1 Å². The maximum absolute atomic E-state index is 2.40. The molecule has 0 saturated carbocycles. The summed E-state index contributed by atoms with van der Waals surface area (Å²) in [4.78, 5) is 2.39. The number of rotatable bonds is 8. The van der Waals surface area contributed by atoms with E-state index in [2.05, 4.69) is 266 Å². The van der Waals surface area contributed by atoms with E-state index in [-0.39, 0.29) is 0 Å². The highest BCUT2D eigenvalue weighted by atomic mass is 15.1. The molecule has 0 atom stereocenters. The summed E-state index contributed by atoms with van der Waals surface area (Å²) in [5.74, 6) is 0. The predicted molar refractivity (Wildman–Crippen MR) is 278 cm³/mol. The van der Waals surface area contributed by atoms with Gasteiger partial charge in [-0.3, -0.25) is 0 Å². The van der Waals surface area contributed by atoms with Crippen molar-refractivity contribution >= 4 is 60.2 Å². The molecule has 0 aliphatic carbocycles. The molecule has 0 spiro atoms. The van der Waals surface area contributed by atoms with Crippen LogP contribution < -0.4 is 4.90 Å². The van der Waals surface area contributed by atoms with Gasteiger partial charge in [0, 0.05) is 16.8 Å². The maximum atomic E-state index is 2.40. The lowest BCUT2D eigenvalue weighted by atomic mass is 9.84.